The maximum absolute atomic E-state index is 12.5. The largest absolute Gasteiger partial charge is 0.381 e. The molecule has 0 aliphatic carbocycles. The van der Waals surface area contributed by atoms with Crippen LogP contribution in [0.1, 0.15) is 28.9 Å². The predicted octanol–water partition coefficient (Wildman–Crippen LogP) is 5.54. The molecule has 1 amide bonds. The van der Waals surface area contributed by atoms with E-state index in [1.165, 1.54) is 16.9 Å². The van der Waals surface area contributed by atoms with Crippen LogP contribution in [0.5, 0.6) is 0 Å². The quantitative estimate of drug-likeness (QED) is 0.573. The van der Waals surface area contributed by atoms with Crippen molar-refractivity contribution in [2.24, 2.45) is 0 Å². The number of amides is 1. The minimum absolute atomic E-state index is 0.164. The molecule has 0 radical (unpaired) electrons. The monoisotopic (exact) mass is 416 g/mol. The van der Waals surface area contributed by atoms with E-state index in [-0.39, 0.29) is 5.91 Å². The Labute approximate surface area is 171 Å². The van der Waals surface area contributed by atoms with Crippen molar-refractivity contribution in [1.82, 2.24) is 4.98 Å². The lowest BCUT2D eigenvalue weighted by molar-refractivity contribution is 0.0999. The highest BCUT2D eigenvalue weighted by Crippen LogP contribution is 2.29. The molecular weight excluding hydrogens is 396 g/mol. The topological polar surface area (TPSA) is 51.2 Å². The summed E-state index contributed by atoms with van der Waals surface area (Å²) in [6.07, 6.45) is 2.25. The lowest BCUT2D eigenvalue weighted by Gasteiger charge is -2.21. The van der Waals surface area contributed by atoms with Crippen molar-refractivity contribution in [1.29, 1.82) is 0 Å². The van der Waals surface area contributed by atoms with Crippen molar-refractivity contribution in [2.45, 2.75) is 23.8 Å². The molecule has 27 heavy (non-hydrogen) atoms. The Hall–Kier alpha value is -1.67. The minimum atomic E-state index is -0.164. The van der Waals surface area contributed by atoms with Crippen LogP contribution >= 0.6 is 34.4 Å². The summed E-state index contributed by atoms with van der Waals surface area (Å²) in [6, 6.07) is 12.1. The average molecular weight is 417 g/mol. The molecule has 1 aliphatic heterocycles. The molecule has 3 aromatic rings. The van der Waals surface area contributed by atoms with E-state index in [0.717, 1.165) is 47.4 Å². The summed E-state index contributed by atoms with van der Waals surface area (Å²) in [6.45, 7) is 1.74. The molecule has 7 heteroatoms. The van der Waals surface area contributed by atoms with E-state index in [1.54, 1.807) is 11.3 Å². The van der Waals surface area contributed by atoms with E-state index >= 15 is 0 Å². The third kappa shape index (κ3) is 4.99. The molecular formula is C20H20N2O2S3. The van der Waals surface area contributed by atoms with Crippen LogP contribution < -0.4 is 5.32 Å². The van der Waals surface area contributed by atoms with Gasteiger partial charge in [0.25, 0.3) is 5.91 Å². The molecule has 1 aliphatic rings. The van der Waals surface area contributed by atoms with Crippen LogP contribution in [-0.2, 0) is 10.5 Å². The van der Waals surface area contributed by atoms with Gasteiger partial charge in [-0.1, -0.05) is 18.2 Å². The summed E-state index contributed by atoms with van der Waals surface area (Å²) in [5, 5.41) is 8.36. The second-order valence-electron chi connectivity index (χ2n) is 6.29. The van der Waals surface area contributed by atoms with Crippen molar-refractivity contribution in [3.05, 3.63) is 58.4 Å². The van der Waals surface area contributed by atoms with Crippen LogP contribution in [0.25, 0.3) is 9.88 Å². The fourth-order valence-corrected chi connectivity index (χ4v) is 5.63. The Morgan fingerprint density at radius 2 is 2.11 bits per heavy atom. The van der Waals surface area contributed by atoms with Gasteiger partial charge in [-0.05, 0) is 42.0 Å². The molecule has 1 saturated heterocycles. The number of nitrogens with one attached hydrogen (secondary N) is 1. The predicted molar refractivity (Wildman–Crippen MR) is 115 cm³/mol. The van der Waals surface area contributed by atoms with E-state index in [4.69, 9.17) is 4.74 Å². The highest BCUT2D eigenvalue weighted by atomic mass is 32.2. The first-order valence-corrected chi connectivity index (χ1v) is 11.7. The Kier molecular flexibility index (Phi) is 6.24. The highest BCUT2D eigenvalue weighted by Gasteiger charge is 2.15. The maximum atomic E-state index is 12.5. The van der Waals surface area contributed by atoms with Gasteiger partial charge in [0.2, 0.25) is 0 Å². The molecule has 0 spiro atoms. The summed E-state index contributed by atoms with van der Waals surface area (Å²) >= 11 is 5.10. The fourth-order valence-electron chi connectivity index (χ4n) is 2.88. The number of benzene rings is 1. The van der Waals surface area contributed by atoms with Crippen molar-refractivity contribution in [3.8, 4) is 9.88 Å². The number of carbonyl (C=O) groups is 1. The number of anilines is 1. The zero-order valence-corrected chi connectivity index (χ0v) is 17.2. The van der Waals surface area contributed by atoms with Crippen LogP contribution in [0, 0.1) is 0 Å². The van der Waals surface area contributed by atoms with Crippen LogP contribution in [0.15, 0.2) is 47.2 Å². The van der Waals surface area contributed by atoms with Crippen LogP contribution in [-0.4, -0.2) is 29.4 Å². The van der Waals surface area contributed by atoms with E-state index in [1.807, 2.05) is 46.8 Å². The van der Waals surface area contributed by atoms with Gasteiger partial charge in [-0.3, -0.25) is 4.79 Å². The van der Waals surface area contributed by atoms with Crippen molar-refractivity contribution >= 4 is 46.0 Å². The molecule has 4 nitrogen and oxygen atoms in total. The molecule has 1 fully saturated rings. The van der Waals surface area contributed by atoms with E-state index < -0.39 is 0 Å². The first-order chi connectivity index (χ1) is 13.3. The maximum Gasteiger partial charge on any atom is 0.275 e. The second kappa shape index (κ2) is 9.01. The van der Waals surface area contributed by atoms with Crippen LogP contribution in [0.3, 0.4) is 0 Å². The average Bonchev–Trinajstić information content (AvgIpc) is 3.39. The smallest absolute Gasteiger partial charge is 0.275 e. The molecule has 4 rings (SSSR count). The molecule has 0 saturated carbocycles. The number of hydrogen-bond acceptors (Lipinski definition) is 6. The number of thiophene rings is 1. The Bertz CT molecular complexity index is 886. The van der Waals surface area contributed by atoms with Crippen molar-refractivity contribution in [3.63, 3.8) is 0 Å². The molecule has 0 unspecified atom stereocenters. The van der Waals surface area contributed by atoms with Gasteiger partial charge in [-0.25, -0.2) is 4.98 Å². The minimum Gasteiger partial charge on any atom is -0.381 e. The Morgan fingerprint density at radius 3 is 2.93 bits per heavy atom. The van der Waals surface area contributed by atoms with Gasteiger partial charge in [0, 0.05) is 35.3 Å². The standard InChI is InChI=1S/C20H20N2O2S3/c23-19(17-13-27-20(22-17)18-5-2-10-25-18)21-15-4-1-3-14(11-15)12-26-16-6-8-24-9-7-16/h1-5,10-11,13,16H,6-9,12H2,(H,21,23). The third-order valence-corrected chi connectivity index (χ3v) is 7.63. The number of carbonyl (C=O) groups excluding carboxylic acids is 1. The number of aromatic nitrogens is 1. The SMILES string of the molecule is O=C(Nc1cccc(CSC2CCOCC2)c1)c1csc(-c2cccs2)n1. The van der Waals surface area contributed by atoms with E-state index in [2.05, 4.69) is 22.4 Å². The highest BCUT2D eigenvalue weighted by molar-refractivity contribution is 7.99. The van der Waals surface area contributed by atoms with Crippen molar-refractivity contribution in [2.75, 3.05) is 18.5 Å². The second-order valence-corrected chi connectivity index (χ2v) is 9.39. The van der Waals surface area contributed by atoms with Gasteiger partial charge in [-0.2, -0.15) is 11.8 Å². The zero-order valence-electron chi connectivity index (χ0n) is 14.7. The molecule has 3 heterocycles. The van der Waals surface area contributed by atoms with Crippen LogP contribution in [0.4, 0.5) is 5.69 Å². The fraction of sp³-hybridized carbons (Fsp3) is 0.300. The molecule has 140 valence electrons. The Morgan fingerprint density at radius 1 is 1.22 bits per heavy atom. The van der Waals surface area contributed by atoms with Gasteiger partial charge in [-0.15, -0.1) is 22.7 Å². The van der Waals surface area contributed by atoms with E-state index in [0.29, 0.717) is 10.9 Å². The lowest BCUT2D eigenvalue weighted by Crippen LogP contribution is -2.17. The molecule has 1 aromatic carbocycles. The van der Waals surface area contributed by atoms with Gasteiger partial charge in [0.05, 0.1) is 4.88 Å². The van der Waals surface area contributed by atoms with Crippen molar-refractivity contribution < 1.29 is 9.53 Å². The lowest BCUT2D eigenvalue weighted by atomic mass is 10.2. The van der Waals surface area contributed by atoms with Gasteiger partial charge < -0.3 is 10.1 Å². The van der Waals surface area contributed by atoms with Gasteiger partial charge in [0.15, 0.2) is 0 Å². The van der Waals surface area contributed by atoms with Crippen LogP contribution in [0.2, 0.25) is 0 Å². The molecule has 1 N–H and O–H groups in total. The summed E-state index contributed by atoms with van der Waals surface area (Å²) in [7, 11) is 0. The van der Waals surface area contributed by atoms with E-state index in [9.17, 15) is 4.79 Å². The van der Waals surface area contributed by atoms with Gasteiger partial charge in [0.1, 0.15) is 10.7 Å². The first-order valence-electron chi connectivity index (χ1n) is 8.87. The summed E-state index contributed by atoms with van der Waals surface area (Å²) < 4.78 is 5.42. The number of nitrogens with zero attached hydrogens (tertiary/aromatic N) is 1. The number of thiazole rings is 1. The summed E-state index contributed by atoms with van der Waals surface area (Å²) in [4.78, 5) is 18.1. The Balaban J connectivity index is 1.36. The molecule has 2 aromatic heterocycles. The number of rotatable bonds is 6. The molecule has 0 atom stereocenters. The van der Waals surface area contributed by atoms with Gasteiger partial charge >= 0.3 is 0 Å². The number of thioether (sulfide) groups is 1. The first kappa shape index (κ1) is 18.7. The third-order valence-electron chi connectivity index (χ3n) is 4.31. The summed E-state index contributed by atoms with van der Waals surface area (Å²) in [5.74, 6) is 0.788. The number of hydrogen-bond donors (Lipinski definition) is 1. The molecule has 0 bridgehead atoms. The zero-order chi connectivity index (χ0) is 18.5. The normalized spacial score (nSPS) is 15.0. The number of ether oxygens (including phenoxy) is 1. The summed E-state index contributed by atoms with van der Waals surface area (Å²) in [5.41, 5.74) is 2.50.